The number of hydrogen-bond donors (Lipinski definition) is 0. The zero-order chi connectivity index (χ0) is 10.3. The Morgan fingerprint density at radius 1 is 1.31 bits per heavy atom. The molecular formula is C12H23N. The summed E-state index contributed by atoms with van der Waals surface area (Å²) in [6.45, 7) is 6.74. The Morgan fingerprint density at radius 2 is 1.92 bits per heavy atom. The minimum absolute atomic E-state index is 0.673. The van der Waals surface area contributed by atoms with E-state index in [-0.39, 0.29) is 0 Å². The highest BCUT2D eigenvalue weighted by Crippen LogP contribution is 2.15. The van der Waals surface area contributed by atoms with Gasteiger partial charge in [-0.3, -0.25) is 0 Å². The number of nitrogens with zero attached hydrogens (tertiary/aromatic N) is 1. The van der Waals surface area contributed by atoms with Crippen LogP contribution in [0.1, 0.15) is 33.6 Å². The molecule has 0 spiro atoms. The Kier molecular flexibility index (Phi) is 6.38. The van der Waals surface area contributed by atoms with Gasteiger partial charge in [0.25, 0.3) is 0 Å². The quantitative estimate of drug-likeness (QED) is 0.587. The van der Waals surface area contributed by atoms with Crippen LogP contribution in [-0.2, 0) is 0 Å². The fraction of sp³-hybridized carbons (Fsp3) is 0.667. The molecule has 0 unspecified atom stereocenters. The second kappa shape index (κ2) is 6.76. The van der Waals surface area contributed by atoms with Crippen molar-refractivity contribution in [2.24, 2.45) is 5.92 Å². The highest BCUT2D eigenvalue weighted by atomic mass is 15.0. The first-order valence-electron chi connectivity index (χ1n) is 5.11. The van der Waals surface area contributed by atoms with Crippen molar-refractivity contribution in [1.82, 2.24) is 4.90 Å². The van der Waals surface area contributed by atoms with Crippen LogP contribution in [-0.4, -0.2) is 19.0 Å². The standard InChI is InChI=1S/C12H23N/c1-6-8-12(11(2)3)9-7-10-13(4)5/h7,9-11H,6,8H2,1-5H3/b10-7+,12-9+. The van der Waals surface area contributed by atoms with Crippen LogP contribution in [0.2, 0.25) is 0 Å². The largest absolute Gasteiger partial charge is 0.383 e. The first-order chi connectivity index (χ1) is 6.07. The molecular weight excluding hydrogens is 158 g/mol. The van der Waals surface area contributed by atoms with E-state index in [2.05, 4.69) is 44.0 Å². The van der Waals surface area contributed by atoms with E-state index in [4.69, 9.17) is 0 Å². The maximum atomic E-state index is 2.25. The highest BCUT2D eigenvalue weighted by molar-refractivity contribution is 5.13. The molecule has 0 rings (SSSR count). The fourth-order valence-corrected chi connectivity index (χ4v) is 1.19. The van der Waals surface area contributed by atoms with E-state index in [9.17, 15) is 0 Å². The van der Waals surface area contributed by atoms with Gasteiger partial charge in [-0.25, -0.2) is 0 Å². The molecule has 0 atom stereocenters. The summed E-state index contributed by atoms with van der Waals surface area (Å²) in [5.74, 6) is 0.673. The van der Waals surface area contributed by atoms with E-state index in [1.807, 2.05) is 14.1 Å². The van der Waals surface area contributed by atoms with Gasteiger partial charge in [0.1, 0.15) is 0 Å². The molecule has 0 saturated carbocycles. The Bertz CT molecular complexity index is 176. The third kappa shape index (κ3) is 6.44. The molecule has 0 aromatic rings. The molecule has 0 bridgehead atoms. The van der Waals surface area contributed by atoms with Crippen molar-refractivity contribution in [3.63, 3.8) is 0 Å². The molecule has 0 aromatic heterocycles. The van der Waals surface area contributed by atoms with Crippen LogP contribution in [0.5, 0.6) is 0 Å². The lowest BCUT2D eigenvalue weighted by atomic mass is 9.98. The molecule has 76 valence electrons. The zero-order valence-corrected chi connectivity index (χ0v) is 9.67. The molecule has 13 heavy (non-hydrogen) atoms. The van der Waals surface area contributed by atoms with E-state index in [1.165, 1.54) is 12.8 Å². The van der Waals surface area contributed by atoms with Gasteiger partial charge in [-0.1, -0.05) is 38.8 Å². The number of hydrogen-bond acceptors (Lipinski definition) is 1. The molecule has 1 nitrogen and oxygen atoms in total. The van der Waals surface area contributed by atoms with E-state index in [0.29, 0.717) is 5.92 Å². The normalized spacial score (nSPS) is 12.9. The summed E-state index contributed by atoms with van der Waals surface area (Å²) in [5, 5.41) is 0. The van der Waals surface area contributed by atoms with E-state index in [0.717, 1.165) is 0 Å². The minimum Gasteiger partial charge on any atom is -0.383 e. The second-order valence-corrected chi connectivity index (χ2v) is 3.95. The zero-order valence-electron chi connectivity index (χ0n) is 9.67. The van der Waals surface area contributed by atoms with Crippen LogP contribution < -0.4 is 0 Å². The average molecular weight is 181 g/mol. The van der Waals surface area contributed by atoms with Crippen molar-refractivity contribution >= 4 is 0 Å². The molecule has 0 radical (unpaired) electrons. The summed E-state index contributed by atoms with van der Waals surface area (Å²) in [7, 11) is 4.08. The minimum atomic E-state index is 0.673. The molecule has 0 aromatic carbocycles. The molecule has 0 aliphatic carbocycles. The van der Waals surface area contributed by atoms with Crippen molar-refractivity contribution < 1.29 is 0 Å². The Balaban J connectivity index is 4.19. The number of allylic oxidation sites excluding steroid dienone is 3. The highest BCUT2D eigenvalue weighted by Gasteiger charge is 1.99. The third-order valence-corrected chi connectivity index (χ3v) is 1.97. The van der Waals surface area contributed by atoms with Crippen LogP contribution in [0.3, 0.4) is 0 Å². The van der Waals surface area contributed by atoms with Crippen molar-refractivity contribution in [2.45, 2.75) is 33.6 Å². The van der Waals surface area contributed by atoms with Gasteiger partial charge in [0.2, 0.25) is 0 Å². The predicted octanol–water partition coefficient (Wildman–Crippen LogP) is 3.44. The molecule has 0 saturated heterocycles. The molecule has 0 fully saturated rings. The summed E-state index contributed by atoms with van der Waals surface area (Å²) in [4.78, 5) is 2.06. The van der Waals surface area contributed by atoms with Crippen LogP contribution in [0.4, 0.5) is 0 Å². The summed E-state index contributed by atoms with van der Waals surface area (Å²) in [5.41, 5.74) is 1.54. The first-order valence-corrected chi connectivity index (χ1v) is 5.11. The monoisotopic (exact) mass is 181 g/mol. The van der Waals surface area contributed by atoms with Crippen molar-refractivity contribution in [2.75, 3.05) is 14.1 Å². The van der Waals surface area contributed by atoms with Gasteiger partial charge in [-0.15, -0.1) is 0 Å². The van der Waals surface area contributed by atoms with Crippen LogP contribution in [0.25, 0.3) is 0 Å². The summed E-state index contributed by atoms with van der Waals surface area (Å²) >= 11 is 0. The van der Waals surface area contributed by atoms with Gasteiger partial charge < -0.3 is 4.90 Å². The summed E-state index contributed by atoms with van der Waals surface area (Å²) in [6.07, 6.45) is 8.91. The van der Waals surface area contributed by atoms with Crippen molar-refractivity contribution in [3.8, 4) is 0 Å². The summed E-state index contributed by atoms with van der Waals surface area (Å²) < 4.78 is 0. The van der Waals surface area contributed by atoms with Crippen molar-refractivity contribution in [3.05, 3.63) is 23.9 Å². The summed E-state index contributed by atoms with van der Waals surface area (Å²) in [6, 6.07) is 0. The van der Waals surface area contributed by atoms with Crippen LogP contribution >= 0.6 is 0 Å². The maximum Gasteiger partial charge on any atom is 0.00556 e. The lowest BCUT2D eigenvalue weighted by Crippen LogP contribution is -1.99. The smallest absolute Gasteiger partial charge is 0.00556 e. The average Bonchev–Trinajstić information content (AvgIpc) is 2.02. The molecule has 0 aliphatic heterocycles. The van der Waals surface area contributed by atoms with Gasteiger partial charge in [0.05, 0.1) is 0 Å². The SMILES string of the molecule is CCC/C(=C\C=C\N(C)C)C(C)C. The van der Waals surface area contributed by atoms with E-state index < -0.39 is 0 Å². The van der Waals surface area contributed by atoms with Gasteiger partial charge >= 0.3 is 0 Å². The van der Waals surface area contributed by atoms with Crippen molar-refractivity contribution in [1.29, 1.82) is 0 Å². The third-order valence-electron chi connectivity index (χ3n) is 1.97. The van der Waals surface area contributed by atoms with E-state index >= 15 is 0 Å². The fourth-order valence-electron chi connectivity index (χ4n) is 1.19. The Hall–Kier alpha value is -0.720. The van der Waals surface area contributed by atoms with Gasteiger partial charge in [0, 0.05) is 14.1 Å². The number of rotatable bonds is 5. The second-order valence-electron chi connectivity index (χ2n) is 3.95. The molecule has 0 amide bonds. The van der Waals surface area contributed by atoms with Crippen LogP contribution in [0, 0.1) is 5.92 Å². The maximum absolute atomic E-state index is 2.25. The predicted molar refractivity (Wildman–Crippen MR) is 60.7 cm³/mol. The first kappa shape index (κ1) is 12.3. The molecule has 0 heterocycles. The Morgan fingerprint density at radius 3 is 2.31 bits per heavy atom. The molecule has 0 N–H and O–H groups in total. The van der Waals surface area contributed by atoms with Crippen LogP contribution in [0.15, 0.2) is 23.9 Å². The molecule has 1 heteroatoms. The lowest BCUT2D eigenvalue weighted by Gasteiger charge is -2.09. The Labute approximate surface area is 83.1 Å². The van der Waals surface area contributed by atoms with E-state index in [1.54, 1.807) is 5.57 Å². The van der Waals surface area contributed by atoms with Gasteiger partial charge in [-0.2, -0.15) is 0 Å². The lowest BCUT2D eigenvalue weighted by molar-refractivity contribution is 0.563. The topological polar surface area (TPSA) is 3.24 Å². The van der Waals surface area contributed by atoms with Gasteiger partial charge in [0.15, 0.2) is 0 Å². The van der Waals surface area contributed by atoms with Gasteiger partial charge in [-0.05, 0) is 24.6 Å². The molecule has 0 aliphatic rings.